The molecule has 0 spiro atoms. The molecule has 1 atom stereocenters. The van der Waals surface area contributed by atoms with Crippen LogP contribution in [0.4, 0.5) is 5.95 Å². The highest BCUT2D eigenvalue weighted by Crippen LogP contribution is 2.13. The van der Waals surface area contributed by atoms with E-state index in [1.807, 2.05) is 0 Å². The molecule has 1 aliphatic heterocycles. The number of nitrogens with zero attached hydrogens (tertiary/aromatic N) is 4. The minimum Gasteiger partial charge on any atom is -0.390 e. The van der Waals surface area contributed by atoms with Gasteiger partial charge in [-0.2, -0.15) is 4.68 Å². The first kappa shape index (κ1) is 11.4. The van der Waals surface area contributed by atoms with Crippen molar-refractivity contribution in [1.82, 2.24) is 20.1 Å². The quantitative estimate of drug-likeness (QED) is 0.619. The van der Waals surface area contributed by atoms with E-state index in [1.165, 1.54) is 4.68 Å². The molecular formula is C7H10BrN5O3. The van der Waals surface area contributed by atoms with E-state index in [-0.39, 0.29) is 6.10 Å². The number of morpholine rings is 1. The number of aromatic nitrogens is 3. The number of nitro groups is 1. The normalized spacial score (nSPS) is 20.9. The maximum absolute atomic E-state index is 10.5. The van der Waals surface area contributed by atoms with Crippen molar-refractivity contribution in [2.24, 2.45) is 0 Å². The van der Waals surface area contributed by atoms with Gasteiger partial charge in [0.2, 0.25) is 0 Å². The summed E-state index contributed by atoms with van der Waals surface area (Å²) < 4.78 is 7.23. The minimum atomic E-state index is -0.624. The third kappa shape index (κ3) is 2.54. The van der Waals surface area contributed by atoms with Crippen LogP contribution >= 0.6 is 15.9 Å². The van der Waals surface area contributed by atoms with E-state index >= 15 is 0 Å². The molecule has 0 aromatic carbocycles. The minimum absolute atomic E-state index is 0.0358. The van der Waals surface area contributed by atoms with Gasteiger partial charge in [0.05, 0.1) is 19.3 Å². The van der Waals surface area contributed by atoms with Crippen molar-refractivity contribution in [2.45, 2.75) is 12.6 Å². The largest absolute Gasteiger partial charge is 0.492 e. The molecule has 88 valence electrons. The van der Waals surface area contributed by atoms with Gasteiger partial charge in [0.15, 0.2) is 0 Å². The molecule has 1 aromatic rings. The molecule has 1 unspecified atom stereocenters. The number of hydrogen-bond acceptors (Lipinski definition) is 6. The van der Waals surface area contributed by atoms with Crippen LogP contribution in [0.5, 0.6) is 0 Å². The van der Waals surface area contributed by atoms with Gasteiger partial charge in [-0.15, -0.1) is 0 Å². The molecule has 8 nitrogen and oxygen atoms in total. The Balaban J connectivity index is 2.05. The maximum Gasteiger partial charge on any atom is 0.492 e. The zero-order valence-electron chi connectivity index (χ0n) is 8.30. The first-order chi connectivity index (χ1) is 7.66. The Morgan fingerprint density at radius 1 is 1.75 bits per heavy atom. The van der Waals surface area contributed by atoms with Gasteiger partial charge >= 0.3 is 5.95 Å². The predicted octanol–water partition coefficient (Wildman–Crippen LogP) is -0.0628. The van der Waals surface area contributed by atoms with Gasteiger partial charge in [0, 0.05) is 34.1 Å². The lowest BCUT2D eigenvalue weighted by Gasteiger charge is -2.22. The Bertz CT molecular complexity index is 389. The van der Waals surface area contributed by atoms with Crippen LogP contribution in [0.15, 0.2) is 4.73 Å². The zero-order chi connectivity index (χ0) is 11.5. The summed E-state index contributed by atoms with van der Waals surface area (Å²) in [4.78, 5) is 13.5. The number of nitrogens with one attached hydrogen (secondary N) is 1. The van der Waals surface area contributed by atoms with Crippen molar-refractivity contribution < 1.29 is 9.66 Å². The van der Waals surface area contributed by atoms with Crippen molar-refractivity contribution in [2.75, 3.05) is 19.7 Å². The zero-order valence-corrected chi connectivity index (χ0v) is 9.88. The Morgan fingerprint density at radius 2 is 2.56 bits per heavy atom. The molecule has 1 aromatic heterocycles. The fourth-order valence-electron chi connectivity index (χ4n) is 1.44. The first-order valence-electron chi connectivity index (χ1n) is 4.74. The van der Waals surface area contributed by atoms with Gasteiger partial charge in [0.25, 0.3) is 4.73 Å². The summed E-state index contributed by atoms with van der Waals surface area (Å²) >= 11 is 3.12. The second-order valence-corrected chi connectivity index (χ2v) is 4.03. The molecule has 0 radical (unpaired) electrons. The van der Waals surface area contributed by atoms with Gasteiger partial charge < -0.3 is 20.2 Å². The number of hydrogen-bond donors (Lipinski definition) is 1. The molecule has 1 aliphatic rings. The SMILES string of the molecule is O=[N+]([O-])c1nc(Br)n(CC2CNCCO2)n1. The average molecular weight is 292 g/mol. The van der Waals surface area contributed by atoms with Crippen molar-refractivity contribution in [1.29, 1.82) is 0 Å². The van der Waals surface area contributed by atoms with E-state index in [0.717, 1.165) is 6.54 Å². The Kier molecular flexibility index (Phi) is 3.46. The standard InChI is InChI=1S/C7H10BrN5O3/c8-6-10-7(13(14)15)11-12(6)4-5-3-9-1-2-16-5/h5,9H,1-4H2. The molecule has 1 N–H and O–H groups in total. The predicted molar refractivity (Wildman–Crippen MR) is 57.0 cm³/mol. The summed E-state index contributed by atoms with van der Waals surface area (Å²) in [7, 11) is 0. The lowest BCUT2D eigenvalue weighted by Crippen LogP contribution is -2.40. The molecule has 2 rings (SSSR count). The van der Waals surface area contributed by atoms with Crippen LogP contribution in [0.1, 0.15) is 0 Å². The van der Waals surface area contributed by atoms with Crippen LogP contribution in [-0.2, 0) is 11.3 Å². The van der Waals surface area contributed by atoms with Gasteiger partial charge in [-0.25, -0.2) is 0 Å². The van der Waals surface area contributed by atoms with Gasteiger partial charge in [0.1, 0.15) is 0 Å². The maximum atomic E-state index is 10.5. The van der Waals surface area contributed by atoms with Crippen molar-refractivity contribution >= 4 is 21.9 Å². The Labute approximate surface area is 99.3 Å². The van der Waals surface area contributed by atoms with E-state index in [0.29, 0.717) is 24.4 Å². The topological polar surface area (TPSA) is 95.1 Å². The van der Waals surface area contributed by atoms with E-state index in [4.69, 9.17) is 4.74 Å². The summed E-state index contributed by atoms with van der Waals surface area (Å²) in [5.41, 5.74) is 0. The average Bonchev–Trinajstić information content (AvgIpc) is 2.62. The third-order valence-corrected chi connectivity index (χ3v) is 2.75. The molecule has 0 bridgehead atoms. The first-order valence-corrected chi connectivity index (χ1v) is 5.53. The van der Waals surface area contributed by atoms with Crippen molar-refractivity contribution in [3.63, 3.8) is 0 Å². The molecular weight excluding hydrogens is 282 g/mol. The van der Waals surface area contributed by atoms with E-state index < -0.39 is 10.9 Å². The summed E-state index contributed by atoms with van der Waals surface area (Å²) in [6.07, 6.45) is -0.0358. The second-order valence-electron chi connectivity index (χ2n) is 3.32. The van der Waals surface area contributed by atoms with E-state index in [2.05, 4.69) is 31.3 Å². The molecule has 2 heterocycles. The molecule has 0 aliphatic carbocycles. The van der Waals surface area contributed by atoms with Gasteiger partial charge in [-0.1, -0.05) is 0 Å². The molecule has 16 heavy (non-hydrogen) atoms. The van der Waals surface area contributed by atoms with Crippen LogP contribution < -0.4 is 5.32 Å². The van der Waals surface area contributed by atoms with Gasteiger partial charge in [-0.05, 0) is 9.91 Å². The fraction of sp³-hybridized carbons (Fsp3) is 0.714. The highest BCUT2D eigenvalue weighted by Gasteiger charge is 2.23. The summed E-state index contributed by atoms with van der Waals surface area (Å²) in [5, 5.41) is 17.4. The lowest BCUT2D eigenvalue weighted by molar-refractivity contribution is -0.394. The highest BCUT2D eigenvalue weighted by molar-refractivity contribution is 9.10. The van der Waals surface area contributed by atoms with Crippen LogP contribution in [-0.4, -0.2) is 45.5 Å². The monoisotopic (exact) mass is 291 g/mol. The second kappa shape index (κ2) is 4.85. The summed E-state index contributed by atoms with van der Waals surface area (Å²) in [6, 6.07) is 0. The highest BCUT2D eigenvalue weighted by atomic mass is 79.9. The third-order valence-electron chi connectivity index (χ3n) is 2.16. The van der Waals surface area contributed by atoms with Crippen LogP contribution in [0.25, 0.3) is 0 Å². The van der Waals surface area contributed by atoms with Crippen LogP contribution in [0.3, 0.4) is 0 Å². The number of halogens is 1. The van der Waals surface area contributed by atoms with Crippen molar-refractivity contribution in [3.05, 3.63) is 14.8 Å². The summed E-state index contributed by atoms with van der Waals surface area (Å²) in [5.74, 6) is -0.407. The van der Waals surface area contributed by atoms with Crippen LogP contribution in [0.2, 0.25) is 0 Å². The number of ether oxygens (including phenoxy) is 1. The number of rotatable bonds is 3. The molecule has 0 saturated carbocycles. The molecule has 9 heteroatoms. The fourth-order valence-corrected chi connectivity index (χ4v) is 1.82. The Morgan fingerprint density at radius 3 is 3.12 bits per heavy atom. The van der Waals surface area contributed by atoms with Crippen LogP contribution in [0, 0.1) is 10.1 Å². The molecule has 1 fully saturated rings. The van der Waals surface area contributed by atoms with Crippen molar-refractivity contribution in [3.8, 4) is 0 Å². The smallest absolute Gasteiger partial charge is 0.390 e. The van der Waals surface area contributed by atoms with Gasteiger partial charge in [-0.3, -0.25) is 0 Å². The van der Waals surface area contributed by atoms with E-state index in [9.17, 15) is 10.1 Å². The molecule has 0 amide bonds. The lowest BCUT2D eigenvalue weighted by atomic mass is 10.3. The molecule has 1 saturated heterocycles. The summed E-state index contributed by atoms with van der Waals surface area (Å²) in [6.45, 7) is 2.61. The van der Waals surface area contributed by atoms with E-state index in [1.54, 1.807) is 0 Å². The Hall–Kier alpha value is -1.06.